The summed E-state index contributed by atoms with van der Waals surface area (Å²) in [5.74, 6) is 0. The monoisotopic (exact) mass is 236 g/mol. The lowest BCUT2D eigenvalue weighted by atomic mass is 10.1. The maximum absolute atomic E-state index is 5.05. The molecule has 0 aliphatic heterocycles. The van der Waals surface area contributed by atoms with Gasteiger partial charge in [-0.25, -0.2) is 0 Å². The van der Waals surface area contributed by atoms with Crippen LogP contribution >= 0.6 is 0 Å². The Balaban J connectivity index is 2.26. The Morgan fingerprint density at radius 3 is 2.71 bits per heavy atom. The van der Waals surface area contributed by atoms with E-state index in [1.54, 1.807) is 12.5 Å². The van der Waals surface area contributed by atoms with Crippen LogP contribution < -0.4 is 5.32 Å². The van der Waals surface area contributed by atoms with E-state index in [2.05, 4.69) is 44.6 Å². The van der Waals surface area contributed by atoms with Crippen LogP contribution in [0.1, 0.15) is 26.3 Å². The van der Waals surface area contributed by atoms with E-state index in [-0.39, 0.29) is 5.54 Å². The molecule has 3 nitrogen and oxygen atoms in total. The summed E-state index contributed by atoms with van der Waals surface area (Å²) in [4.78, 5) is 2.23. The van der Waals surface area contributed by atoms with Crippen molar-refractivity contribution < 1.29 is 4.42 Å². The number of likely N-dealkylation sites (N-methyl/N-ethyl adjacent to an activating group) is 1. The second kappa shape index (κ2) is 6.03. The van der Waals surface area contributed by atoms with Crippen LogP contribution in [0, 0.1) is 0 Å². The lowest BCUT2D eigenvalue weighted by Gasteiger charge is -2.23. The van der Waals surface area contributed by atoms with E-state index < -0.39 is 0 Å². The highest BCUT2D eigenvalue weighted by molar-refractivity contribution is 5.07. The summed E-state index contributed by atoms with van der Waals surface area (Å²) in [6.07, 6.45) is 3.49. The van der Waals surface area contributed by atoms with E-state index in [1.807, 2.05) is 6.07 Å². The molecule has 0 fully saturated rings. The number of furan rings is 1. The van der Waals surface area contributed by atoms with Crippen LogP contribution in [-0.2, 0) is 6.54 Å². The van der Waals surface area contributed by atoms with Gasteiger partial charge in [0.15, 0.2) is 0 Å². The van der Waals surface area contributed by atoms with Gasteiger partial charge in [-0.3, -0.25) is 4.90 Å². The molecule has 0 aromatic carbocycles. The van der Waals surface area contributed by atoms with Crippen LogP contribution in [0.25, 0.3) is 0 Å². The predicted octanol–water partition coefficient (Wildman–Crippen LogP) is 2.66. The molecule has 0 aliphatic rings. The van der Waals surface area contributed by atoms with Gasteiger partial charge in [-0.15, -0.1) is 0 Å². The third-order valence-corrected chi connectivity index (χ3v) is 2.39. The Morgan fingerprint density at radius 2 is 2.18 bits per heavy atom. The number of hydrogen-bond donors (Lipinski definition) is 1. The van der Waals surface area contributed by atoms with Crippen LogP contribution in [0.5, 0.6) is 0 Å². The summed E-state index contributed by atoms with van der Waals surface area (Å²) in [6.45, 7) is 13.2. The van der Waals surface area contributed by atoms with Gasteiger partial charge in [-0.2, -0.15) is 0 Å². The first-order chi connectivity index (χ1) is 7.87. The Kier molecular flexibility index (Phi) is 4.97. The van der Waals surface area contributed by atoms with Gasteiger partial charge >= 0.3 is 0 Å². The molecule has 0 spiro atoms. The highest BCUT2D eigenvalue weighted by Crippen LogP contribution is 2.06. The average molecular weight is 236 g/mol. The van der Waals surface area contributed by atoms with Crippen molar-refractivity contribution in [3.63, 3.8) is 0 Å². The molecule has 0 amide bonds. The Hall–Kier alpha value is -1.06. The fourth-order valence-electron chi connectivity index (χ4n) is 1.58. The van der Waals surface area contributed by atoms with Gasteiger partial charge in [-0.05, 0) is 39.5 Å². The first-order valence-corrected chi connectivity index (χ1v) is 5.98. The normalized spacial score (nSPS) is 12.1. The standard InChI is InChI=1S/C14H24N2O/c1-12(8-15-14(2,3)4)9-16(5)10-13-6-7-17-11-13/h6-7,11,15H,1,8-10H2,2-5H3. The number of rotatable bonds is 6. The SMILES string of the molecule is C=C(CNC(C)(C)C)CN(C)Cc1ccoc1. The highest BCUT2D eigenvalue weighted by atomic mass is 16.3. The first-order valence-electron chi connectivity index (χ1n) is 5.98. The molecule has 0 unspecified atom stereocenters. The van der Waals surface area contributed by atoms with Crippen molar-refractivity contribution in [2.75, 3.05) is 20.1 Å². The molecule has 0 atom stereocenters. The maximum atomic E-state index is 5.05. The highest BCUT2D eigenvalue weighted by Gasteiger charge is 2.10. The molecular weight excluding hydrogens is 212 g/mol. The van der Waals surface area contributed by atoms with Crippen LogP contribution in [-0.4, -0.2) is 30.6 Å². The van der Waals surface area contributed by atoms with Crippen molar-refractivity contribution in [2.45, 2.75) is 32.9 Å². The number of hydrogen-bond acceptors (Lipinski definition) is 3. The van der Waals surface area contributed by atoms with Gasteiger partial charge in [0.1, 0.15) is 0 Å². The molecule has 0 radical (unpaired) electrons. The second-order valence-corrected chi connectivity index (χ2v) is 5.66. The molecule has 3 heteroatoms. The molecule has 1 N–H and O–H groups in total. The summed E-state index contributed by atoms with van der Waals surface area (Å²) < 4.78 is 5.05. The predicted molar refractivity (Wildman–Crippen MR) is 71.9 cm³/mol. The first kappa shape index (κ1) is 14.0. The van der Waals surface area contributed by atoms with Crippen molar-refractivity contribution in [3.05, 3.63) is 36.3 Å². The molecule has 0 saturated carbocycles. The largest absolute Gasteiger partial charge is 0.472 e. The zero-order chi connectivity index (χ0) is 12.9. The molecule has 1 rings (SSSR count). The van der Waals surface area contributed by atoms with Crippen LogP contribution in [0.4, 0.5) is 0 Å². The van der Waals surface area contributed by atoms with Crippen LogP contribution in [0.3, 0.4) is 0 Å². The fourth-order valence-corrected chi connectivity index (χ4v) is 1.58. The molecule has 0 bridgehead atoms. The molecule has 96 valence electrons. The molecule has 1 aromatic rings. The summed E-state index contributed by atoms with van der Waals surface area (Å²) in [5, 5.41) is 3.44. The van der Waals surface area contributed by atoms with E-state index in [9.17, 15) is 0 Å². The lowest BCUT2D eigenvalue weighted by molar-refractivity contribution is 0.345. The molecule has 1 heterocycles. The summed E-state index contributed by atoms with van der Waals surface area (Å²) in [7, 11) is 2.09. The van der Waals surface area contributed by atoms with Gasteiger partial charge in [-0.1, -0.05) is 6.58 Å². The van der Waals surface area contributed by atoms with Gasteiger partial charge in [0.25, 0.3) is 0 Å². The molecule has 0 saturated heterocycles. The topological polar surface area (TPSA) is 28.4 Å². The van der Waals surface area contributed by atoms with Crippen molar-refractivity contribution in [1.82, 2.24) is 10.2 Å². The van der Waals surface area contributed by atoms with Gasteiger partial charge < -0.3 is 9.73 Å². The molecule has 1 aromatic heterocycles. The van der Waals surface area contributed by atoms with E-state index in [0.29, 0.717) is 0 Å². The van der Waals surface area contributed by atoms with Crippen molar-refractivity contribution in [3.8, 4) is 0 Å². The smallest absolute Gasteiger partial charge is 0.0947 e. The quantitative estimate of drug-likeness (QED) is 0.770. The van der Waals surface area contributed by atoms with Crippen LogP contribution in [0.15, 0.2) is 35.2 Å². The van der Waals surface area contributed by atoms with Gasteiger partial charge in [0, 0.05) is 30.7 Å². The Labute approximate surface area is 104 Å². The minimum absolute atomic E-state index is 0.145. The molecule has 17 heavy (non-hydrogen) atoms. The molecular formula is C14H24N2O. The second-order valence-electron chi connectivity index (χ2n) is 5.66. The number of nitrogens with one attached hydrogen (secondary N) is 1. The van der Waals surface area contributed by atoms with Crippen molar-refractivity contribution in [2.24, 2.45) is 0 Å². The fraction of sp³-hybridized carbons (Fsp3) is 0.571. The lowest BCUT2D eigenvalue weighted by Crippen LogP contribution is -2.38. The van der Waals surface area contributed by atoms with E-state index in [4.69, 9.17) is 4.42 Å². The van der Waals surface area contributed by atoms with E-state index >= 15 is 0 Å². The summed E-state index contributed by atoms with van der Waals surface area (Å²) in [6, 6.07) is 1.99. The average Bonchev–Trinajstić information content (AvgIpc) is 2.66. The van der Waals surface area contributed by atoms with Crippen molar-refractivity contribution >= 4 is 0 Å². The van der Waals surface area contributed by atoms with Gasteiger partial charge in [0.2, 0.25) is 0 Å². The summed E-state index contributed by atoms with van der Waals surface area (Å²) in [5.41, 5.74) is 2.54. The maximum Gasteiger partial charge on any atom is 0.0947 e. The summed E-state index contributed by atoms with van der Waals surface area (Å²) >= 11 is 0. The van der Waals surface area contributed by atoms with Crippen molar-refractivity contribution in [1.29, 1.82) is 0 Å². The zero-order valence-corrected chi connectivity index (χ0v) is 11.4. The third kappa shape index (κ3) is 6.29. The molecule has 0 aliphatic carbocycles. The minimum Gasteiger partial charge on any atom is -0.472 e. The van der Waals surface area contributed by atoms with Gasteiger partial charge in [0.05, 0.1) is 12.5 Å². The Morgan fingerprint density at radius 1 is 1.47 bits per heavy atom. The minimum atomic E-state index is 0.145. The third-order valence-electron chi connectivity index (χ3n) is 2.39. The van der Waals surface area contributed by atoms with Crippen LogP contribution in [0.2, 0.25) is 0 Å². The zero-order valence-electron chi connectivity index (χ0n) is 11.4. The van der Waals surface area contributed by atoms with E-state index in [0.717, 1.165) is 19.6 Å². The van der Waals surface area contributed by atoms with E-state index in [1.165, 1.54) is 11.1 Å². The Bertz CT molecular complexity index is 336. The number of nitrogens with zero attached hydrogens (tertiary/aromatic N) is 1.